The van der Waals surface area contributed by atoms with Crippen molar-refractivity contribution in [2.75, 3.05) is 37.0 Å². The molecule has 0 N–H and O–H groups in total. The zero-order valence-corrected chi connectivity index (χ0v) is 16.2. The predicted octanol–water partition coefficient (Wildman–Crippen LogP) is 2.71. The van der Waals surface area contributed by atoms with Crippen LogP contribution in [0.15, 0.2) is 43.0 Å². The van der Waals surface area contributed by atoms with E-state index in [1.807, 2.05) is 36.8 Å². The third-order valence-electron chi connectivity index (χ3n) is 5.01. The summed E-state index contributed by atoms with van der Waals surface area (Å²) in [7, 11) is 3.56. The van der Waals surface area contributed by atoms with Crippen molar-refractivity contribution < 1.29 is 4.39 Å². The Morgan fingerprint density at radius 1 is 1.18 bits per heavy atom. The largest absolute Gasteiger partial charge is 0.360 e. The lowest BCUT2D eigenvalue weighted by Gasteiger charge is -2.33. The number of rotatable bonds is 5. The van der Waals surface area contributed by atoms with E-state index < -0.39 is 5.82 Å². The van der Waals surface area contributed by atoms with Gasteiger partial charge in [-0.15, -0.1) is 0 Å². The summed E-state index contributed by atoms with van der Waals surface area (Å²) in [6, 6.07) is 5.93. The van der Waals surface area contributed by atoms with Crippen LogP contribution in [0.1, 0.15) is 30.3 Å². The lowest BCUT2D eigenvalue weighted by Crippen LogP contribution is -2.37. The predicted molar refractivity (Wildman–Crippen MR) is 106 cm³/mol. The Kier molecular flexibility index (Phi) is 5.18. The van der Waals surface area contributed by atoms with E-state index in [0.717, 1.165) is 37.4 Å². The highest BCUT2D eigenvalue weighted by Gasteiger charge is 2.27. The highest BCUT2D eigenvalue weighted by molar-refractivity contribution is 5.44. The monoisotopic (exact) mass is 381 g/mol. The molecule has 0 spiro atoms. The molecule has 3 aromatic rings. The van der Waals surface area contributed by atoms with Crippen LogP contribution in [0.3, 0.4) is 0 Å². The van der Waals surface area contributed by atoms with Crippen LogP contribution in [0, 0.1) is 5.82 Å². The van der Waals surface area contributed by atoms with Gasteiger partial charge in [-0.05, 0) is 25.0 Å². The summed E-state index contributed by atoms with van der Waals surface area (Å²) in [6.45, 7) is 2.32. The molecule has 0 aromatic carbocycles. The number of imidazole rings is 1. The molecule has 1 aliphatic heterocycles. The second-order valence-corrected chi connectivity index (χ2v) is 7.26. The Morgan fingerprint density at radius 3 is 2.86 bits per heavy atom. The molecule has 0 amide bonds. The first-order valence-electron chi connectivity index (χ1n) is 9.47. The van der Waals surface area contributed by atoms with Gasteiger partial charge in [0.2, 0.25) is 5.95 Å². The first-order valence-corrected chi connectivity index (χ1v) is 9.47. The zero-order valence-electron chi connectivity index (χ0n) is 16.2. The van der Waals surface area contributed by atoms with E-state index in [1.165, 1.54) is 6.20 Å². The van der Waals surface area contributed by atoms with Gasteiger partial charge in [-0.3, -0.25) is 4.98 Å². The maximum Gasteiger partial charge on any atom is 0.227 e. The van der Waals surface area contributed by atoms with Crippen molar-refractivity contribution in [1.82, 2.24) is 24.5 Å². The molecule has 1 aliphatic rings. The number of halogens is 1. The summed E-state index contributed by atoms with van der Waals surface area (Å²) < 4.78 is 16.1. The SMILES string of the molecule is CN(C)c1nc(N2CCCC(c3nccn3Cc3ccccn3)C2)ncc1F. The number of hydrogen-bond acceptors (Lipinski definition) is 6. The quantitative estimate of drug-likeness (QED) is 0.677. The molecule has 7 nitrogen and oxygen atoms in total. The van der Waals surface area contributed by atoms with Gasteiger partial charge in [0.25, 0.3) is 0 Å². The third-order valence-corrected chi connectivity index (χ3v) is 5.01. The lowest BCUT2D eigenvalue weighted by molar-refractivity contribution is 0.470. The van der Waals surface area contributed by atoms with E-state index in [1.54, 1.807) is 19.0 Å². The number of nitrogens with zero attached hydrogens (tertiary/aromatic N) is 7. The minimum absolute atomic E-state index is 0.268. The molecule has 8 heteroatoms. The molecule has 146 valence electrons. The van der Waals surface area contributed by atoms with Crippen molar-refractivity contribution >= 4 is 11.8 Å². The molecule has 0 bridgehead atoms. The van der Waals surface area contributed by atoms with Crippen molar-refractivity contribution in [3.05, 3.63) is 60.3 Å². The summed E-state index contributed by atoms with van der Waals surface area (Å²) in [5, 5.41) is 0. The van der Waals surface area contributed by atoms with Gasteiger partial charge in [0, 0.05) is 51.7 Å². The fraction of sp³-hybridized carbons (Fsp3) is 0.400. The van der Waals surface area contributed by atoms with Crippen LogP contribution < -0.4 is 9.80 Å². The Balaban J connectivity index is 1.54. The second-order valence-electron chi connectivity index (χ2n) is 7.26. The average Bonchev–Trinajstić information content (AvgIpc) is 3.17. The van der Waals surface area contributed by atoms with E-state index in [4.69, 9.17) is 0 Å². The molecule has 1 unspecified atom stereocenters. The van der Waals surface area contributed by atoms with Gasteiger partial charge in [0.05, 0.1) is 18.4 Å². The van der Waals surface area contributed by atoms with Crippen LogP contribution in [0.5, 0.6) is 0 Å². The fourth-order valence-electron chi connectivity index (χ4n) is 3.67. The Bertz CT molecular complexity index is 925. The van der Waals surface area contributed by atoms with Crippen LogP contribution in [0.4, 0.5) is 16.2 Å². The third kappa shape index (κ3) is 3.81. The molecule has 4 rings (SSSR count). The van der Waals surface area contributed by atoms with E-state index in [9.17, 15) is 4.39 Å². The minimum atomic E-state index is -0.409. The first-order chi connectivity index (χ1) is 13.6. The van der Waals surface area contributed by atoms with E-state index in [0.29, 0.717) is 18.3 Å². The molecule has 0 radical (unpaired) electrons. The van der Waals surface area contributed by atoms with Gasteiger partial charge in [-0.25, -0.2) is 14.4 Å². The maximum atomic E-state index is 13.9. The highest BCUT2D eigenvalue weighted by Crippen LogP contribution is 2.29. The molecule has 4 heterocycles. The van der Waals surface area contributed by atoms with Crippen LogP contribution in [-0.2, 0) is 6.54 Å². The van der Waals surface area contributed by atoms with Crippen LogP contribution in [0.25, 0.3) is 0 Å². The number of pyridine rings is 1. The number of anilines is 2. The van der Waals surface area contributed by atoms with Gasteiger partial charge in [-0.1, -0.05) is 6.07 Å². The molecule has 28 heavy (non-hydrogen) atoms. The lowest BCUT2D eigenvalue weighted by atomic mass is 9.97. The van der Waals surface area contributed by atoms with Gasteiger partial charge < -0.3 is 14.4 Å². The molecule has 1 fully saturated rings. The average molecular weight is 381 g/mol. The minimum Gasteiger partial charge on any atom is -0.360 e. The van der Waals surface area contributed by atoms with Gasteiger partial charge in [0.15, 0.2) is 11.6 Å². The van der Waals surface area contributed by atoms with Crippen LogP contribution in [0.2, 0.25) is 0 Å². The zero-order chi connectivity index (χ0) is 19.5. The molecule has 1 atom stereocenters. The molecule has 0 aliphatic carbocycles. The summed E-state index contributed by atoms with van der Waals surface area (Å²) in [6.07, 6.45) is 8.97. The highest BCUT2D eigenvalue weighted by atomic mass is 19.1. The number of piperidine rings is 1. The number of hydrogen-bond donors (Lipinski definition) is 0. The van der Waals surface area contributed by atoms with Crippen molar-refractivity contribution in [3.8, 4) is 0 Å². The van der Waals surface area contributed by atoms with E-state index >= 15 is 0 Å². The fourth-order valence-corrected chi connectivity index (χ4v) is 3.67. The van der Waals surface area contributed by atoms with E-state index in [-0.39, 0.29) is 5.92 Å². The van der Waals surface area contributed by atoms with Crippen molar-refractivity contribution in [1.29, 1.82) is 0 Å². The van der Waals surface area contributed by atoms with Gasteiger partial charge in [-0.2, -0.15) is 4.98 Å². The topological polar surface area (TPSA) is 63.0 Å². The van der Waals surface area contributed by atoms with E-state index in [2.05, 4.69) is 29.4 Å². The molecule has 1 saturated heterocycles. The number of aromatic nitrogens is 5. The molecule has 3 aromatic heterocycles. The molecular formula is C20H24FN7. The van der Waals surface area contributed by atoms with Crippen LogP contribution in [-0.4, -0.2) is 51.7 Å². The standard InChI is InChI=1S/C20H24FN7/c1-26(2)19-17(21)12-24-20(25-19)28-10-5-6-15(13-28)18-23-9-11-27(18)14-16-7-3-4-8-22-16/h3-4,7-9,11-12,15H,5-6,10,13-14H2,1-2H3. The normalized spacial score (nSPS) is 17.0. The van der Waals surface area contributed by atoms with Crippen molar-refractivity contribution in [3.63, 3.8) is 0 Å². The summed E-state index contributed by atoms with van der Waals surface area (Å²) in [4.78, 5) is 21.5. The summed E-state index contributed by atoms with van der Waals surface area (Å²) in [5.74, 6) is 1.78. The Hall–Kier alpha value is -3.03. The van der Waals surface area contributed by atoms with Gasteiger partial charge in [0.1, 0.15) is 5.82 Å². The van der Waals surface area contributed by atoms with Crippen LogP contribution >= 0.6 is 0 Å². The molecule has 0 saturated carbocycles. The smallest absolute Gasteiger partial charge is 0.227 e. The second kappa shape index (κ2) is 7.92. The molecular weight excluding hydrogens is 357 g/mol. The summed E-state index contributed by atoms with van der Waals surface area (Å²) in [5.41, 5.74) is 1.01. The first kappa shape index (κ1) is 18.3. The Labute approximate surface area is 163 Å². The van der Waals surface area contributed by atoms with Gasteiger partial charge >= 0.3 is 0 Å². The van der Waals surface area contributed by atoms with Crippen molar-refractivity contribution in [2.24, 2.45) is 0 Å². The summed E-state index contributed by atoms with van der Waals surface area (Å²) >= 11 is 0. The maximum absolute atomic E-state index is 13.9. The van der Waals surface area contributed by atoms with Crippen molar-refractivity contribution in [2.45, 2.75) is 25.3 Å². The Morgan fingerprint density at radius 2 is 2.07 bits per heavy atom.